The number of hydrogen-bond acceptors (Lipinski definition) is 9. The number of hydrogen-bond donors (Lipinski definition) is 1. The van der Waals surface area contributed by atoms with E-state index in [-0.39, 0.29) is 24.3 Å². The van der Waals surface area contributed by atoms with Gasteiger partial charge in [0.15, 0.2) is 18.5 Å². The minimum Gasteiger partial charge on any atom is -0.459 e. The van der Waals surface area contributed by atoms with E-state index in [4.69, 9.17) is 23.7 Å². The van der Waals surface area contributed by atoms with E-state index in [1.165, 1.54) is 0 Å². The maximum absolute atomic E-state index is 13.3. The molecule has 1 aliphatic heterocycles. The van der Waals surface area contributed by atoms with Crippen LogP contribution in [-0.4, -0.2) is 60.3 Å². The summed E-state index contributed by atoms with van der Waals surface area (Å²) < 4.78 is 29.1. The second-order valence-corrected chi connectivity index (χ2v) is 9.76. The number of esters is 3. The van der Waals surface area contributed by atoms with E-state index in [1.807, 2.05) is 30.3 Å². The van der Waals surface area contributed by atoms with Gasteiger partial charge in [-0.15, -0.1) is 0 Å². The average Bonchev–Trinajstić information content (AvgIpc) is 3.06. The first-order valence-corrected chi connectivity index (χ1v) is 13.7. The lowest BCUT2D eigenvalue weighted by Crippen LogP contribution is -2.62. The summed E-state index contributed by atoms with van der Waals surface area (Å²) in [7, 11) is 0. The Morgan fingerprint density at radius 3 is 1.53 bits per heavy atom. The molecule has 1 aliphatic rings. The Hall–Kier alpha value is -4.83. The lowest BCUT2D eigenvalue weighted by Gasteiger charge is -2.43. The summed E-state index contributed by atoms with van der Waals surface area (Å²) in [6.45, 7) is -0.352. The fraction of sp³-hybridized carbons (Fsp3) is 0.206. The number of rotatable bonds is 10. The highest BCUT2D eigenvalue weighted by atomic mass is 16.7. The molecule has 0 aliphatic carbocycles. The van der Waals surface area contributed by atoms with Crippen molar-refractivity contribution in [2.75, 3.05) is 6.61 Å². The van der Waals surface area contributed by atoms with Crippen molar-refractivity contribution in [3.63, 3.8) is 0 Å². The van der Waals surface area contributed by atoms with E-state index in [2.05, 4.69) is 0 Å². The minimum atomic E-state index is -1.69. The first-order chi connectivity index (χ1) is 21.0. The van der Waals surface area contributed by atoms with Crippen LogP contribution in [0, 0.1) is 0 Å². The Balaban J connectivity index is 1.44. The van der Waals surface area contributed by atoms with Crippen molar-refractivity contribution in [2.45, 2.75) is 37.3 Å². The molecular formula is C34H30O9. The SMILES string of the molecule is O=C(OC[C@H]1O[C@@H](O)[C@@H](OC(=O)c2ccccc2)[C@@H](OCc2ccccc2)[C@@H]1OC(=O)c1ccccc1)c1ccccc1. The van der Waals surface area contributed by atoms with Crippen molar-refractivity contribution in [2.24, 2.45) is 0 Å². The van der Waals surface area contributed by atoms with Gasteiger partial charge in [0.05, 0.1) is 23.3 Å². The van der Waals surface area contributed by atoms with Crippen molar-refractivity contribution in [1.29, 1.82) is 0 Å². The lowest BCUT2D eigenvalue weighted by molar-refractivity contribution is -0.294. The number of ether oxygens (including phenoxy) is 5. The fourth-order valence-corrected chi connectivity index (χ4v) is 4.60. The highest BCUT2D eigenvalue weighted by Crippen LogP contribution is 2.30. The Morgan fingerprint density at radius 1 is 0.581 bits per heavy atom. The third kappa shape index (κ3) is 7.72. The molecule has 1 saturated heterocycles. The quantitative estimate of drug-likeness (QED) is 0.212. The molecule has 5 atom stereocenters. The van der Waals surface area contributed by atoms with E-state index >= 15 is 0 Å². The fourth-order valence-electron chi connectivity index (χ4n) is 4.60. The summed E-state index contributed by atoms with van der Waals surface area (Å²) in [5, 5.41) is 11.1. The largest absolute Gasteiger partial charge is 0.459 e. The predicted molar refractivity (Wildman–Crippen MR) is 154 cm³/mol. The third-order valence-electron chi connectivity index (χ3n) is 6.79. The van der Waals surface area contributed by atoms with Gasteiger partial charge in [-0.1, -0.05) is 84.9 Å². The number of carbonyl (C=O) groups is 3. The molecular weight excluding hydrogens is 552 g/mol. The highest BCUT2D eigenvalue weighted by Gasteiger charge is 2.51. The van der Waals surface area contributed by atoms with Crippen LogP contribution in [0.25, 0.3) is 0 Å². The normalized spacial score (nSPS) is 21.4. The summed E-state index contributed by atoms with van der Waals surface area (Å²) >= 11 is 0. The van der Waals surface area contributed by atoms with Crippen molar-refractivity contribution in [1.82, 2.24) is 0 Å². The van der Waals surface area contributed by atoms with Gasteiger partial charge >= 0.3 is 17.9 Å². The van der Waals surface area contributed by atoms with Gasteiger partial charge < -0.3 is 28.8 Å². The molecule has 5 rings (SSSR count). The summed E-state index contributed by atoms with van der Waals surface area (Å²) in [6.07, 6.45) is -6.71. The molecule has 0 radical (unpaired) electrons. The van der Waals surface area contributed by atoms with Crippen LogP contribution >= 0.6 is 0 Å². The van der Waals surface area contributed by atoms with Crippen molar-refractivity contribution < 1.29 is 43.2 Å². The number of carbonyl (C=O) groups excluding carboxylic acids is 3. The topological polar surface area (TPSA) is 118 Å². The molecule has 0 amide bonds. The van der Waals surface area contributed by atoms with Crippen LogP contribution in [0.2, 0.25) is 0 Å². The number of aliphatic hydroxyl groups excluding tert-OH is 1. The van der Waals surface area contributed by atoms with Crippen molar-refractivity contribution in [3.05, 3.63) is 144 Å². The van der Waals surface area contributed by atoms with Crippen LogP contribution in [0.15, 0.2) is 121 Å². The van der Waals surface area contributed by atoms with Crippen LogP contribution in [0.4, 0.5) is 0 Å². The molecule has 1 N–H and O–H groups in total. The molecule has 220 valence electrons. The third-order valence-corrected chi connectivity index (χ3v) is 6.79. The van der Waals surface area contributed by atoms with Gasteiger partial charge in [0.25, 0.3) is 0 Å². The molecule has 1 fully saturated rings. The van der Waals surface area contributed by atoms with E-state index in [0.29, 0.717) is 5.56 Å². The Morgan fingerprint density at radius 2 is 1.02 bits per heavy atom. The zero-order valence-electron chi connectivity index (χ0n) is 23.1. The molecule has 43 heavy (non-hydrogen) atoms. The first kappa shape index (κ1) is 29.7. The van der Waals surface area contributed by atoms with Gasteiger partial charge in [-0.2, -0.15) is 0 Å². The van der Waals surface area contributed by atoms with Crippen LogP contribution in [0.3, 0.4) is 0 Å². The second kappa shape index (κ2) is 14.4. The van der Waals surface area contributed by atoms with E-state index in [9.17, 15) is 19.5 Å². The zero-order valence-corrected chi connectivity index (χ0v) is 23.1. The Kier molecular flexibility index (Phi) is 9.91. The van der Waals surface area contributed by atoms with Crippen LogP contribution in [0.1, 0.15) is 36.6 Å². The Bertz CT molecular complexity index is 1480. The molecule has 0 unspecified atom stereocenters. The maximum atomic E-state index is 13.3. The summed E-state index contributed by atoms with van der Waals surface area (Å²) in [4.78, 5) is 39.0. The molecule has 0 spiro atoms. The second-order valence-electron chi connectivity index (χ2n) is 9.76. The van der Waals surface area contributed by atoms with Crippen molar-refractivity contribution in [3.8, 4) is 0 Å². The van der Waals surface area contributed by atoms with Gasteiger partial charge in [0.2, 0.25) is 0 Å². The molecule has 9 heteroatoms. The summed E-state index contributed by atoms with van der Waals surface area (Å²) in [5.74, 6) is -2.07. The molecule has 1 heterocycles. The standard InChI is InChI=1S/C34H30O9/c35-31(24-15-7-2-8-16-24)40-22-27-28(42-32(36)25-17-9-3-10-18-25)29(39-21-23-13-5-1-6-14-23)30(34(38)41-27)43-33(37)26-19-11-4-12-20-26/h1-20,27-30,34,38H,21-22H2/t27-,28-,29+,30+,34-/m1/s1. The van der Waals surface area contributed by atoms with Crippen LogP contribution in [0.5, 0.6) is 0 Å². The lowest BCUT2D eigenvalue weighted by atomic mass is 9.97. The van der Waals surface area contributed by atoms with Crippen molar-refractivity contribution >= 4 is 17.9 Å². The van der Waals surface area contributed by atoms with Crippen LogP contribution in [-0.2, 0) is 30.3 Å². The van der Waals surface area contributed by atoms with Gasteiger partial charge in [-0.25, -0.2) is 14.4 Å². The monoisotopic (exact) mass is 582 g/mol. The van der Waals surface area contributed by atoms with Gasteiger partial charge in [0, 0.05) is 0 Å². The molecule has 0 aromatic heterocycles. The molecule has 4 aromatic rings. The van der Waals surface area contributed by atoms with E-state index < -0.39 is 48.6 Å². The Labute approximate surface area is 248 Å². The first-order valence-electron chi connectivity index (χ1n) is 13.7. The smallest absolute Gasteiger partial charge is 0.338 e. The van der Waals surface area contributed by atoms with Crippen LogP contribution < -0.4 is 0 Å². The molecule has 9 nitrogen and oxygen atoms in total. The van der Waals surface area contributed by atoms with E-state index in [0.717, 1.165) is 5.56 Å². The number of aliphatic hydroxyl groups is 1. The van der Waals surface area contributed by atoms with Gasteiger partial charge in [-0.3, -0.25) is 0 Å². The summed E-state index contributed by atoms with van der Waals surface area (Å²) in [6, 6.07) is 34.1. The molecule has 0 saturated carbocycles. The minimum absolute atomic E-state index is 0.0352. The highest BCUT2D eigenvalue weighted by molar-refractivity contribution is 5.90. The van der Waals surface area contributed by atoms with Gasteiger partial charge in [-0.05, 0) is 42.0 Å². The van der Waals surface area contributed by atoms with Gasteiger partial charge in [0.1, 0.15) is 18.8 Å². The predicted octanol–water partition coefficient (Wildman–Crippen LogP) is 4.60. The number of benzene rings is 4. The summed E-state index contributed by atoms with van der Waals surface area (Å²) in [5.41, 5.74) is 1.60. The molecule has 4 aromatic carbocycles. The maximum Gasteiger partial charge on any atom is 0.338 e. The average molecular weight is 583 g/mol. The van der Waals surface area contributed by atoms with E-state index in [1.54, 1.807) is 91.0 Å². The zero-order chi connectivity index (χ0) is 30.0. The molecule has 0 bridgehead atoms.